The molecule has 1 amide bonds. The van der Waals surface area contributed by atoms with Gasteiger partial charge >= 0.3 is 0 Å². The largest absolute Gasteiger partial charge is 0.494 e. The molecule has 0 saturated heterocycles. The van der Waals surface area contributed by atoms with Crippen LogP contribution in [0.1, 0.15) is 18.9 Å². The van der Waals surface area contributed by atoms with Crippen LogP contribution in [0.4, 0.5) is 5.69 Å². The molecule has 2 aromatic rings. The molecule has 2 aromatic carbocycles. The maximum atomic E-state index is 11.8. The predicted molar refractivity (Wildman–Crippen MR) is 93.9 cm³/mol. The van der Waals surface area contributed by atoms with Gasteiger partial charge in [0.1, 0.15) is 5.75 Å². The van der Waals surface area contributed by atoms with Crippen LogP contribution in [0.2, 0.25) is 0 Å². The van der Waals surface area contributed by atoms with E-state index in [0.29, 0.717) is 26.1 Å². The standard InChI is InChI=1S/C19H24N2O2/c1-2-23-18-10-8-17(9-11-18)20-15-13-19(22)21-14-12-16-6-4-3-5-7-16/h3-11,20H,2,12-15H2,1H3,(H,21,22). The van der Waals surface area contributed by atoms with Crippen LogP contribution in [0.25, 0.3) is 0 Å². The van der Waals surface area contributed by atoms with Crippen molar-refractivity contribution in [2.75, 3.05) is 25.0 Å². The summed E-state index contributed by atoms with van der Waals surface area (Å²) in [5.74, 6) is 0.927. The number of carbonyl (C=O) groups excluding carboxylic acids is 1. The Bertz CT molecular complexity index is 582. The van der Waals surface area contributed by atoms with Crippen molar-refractivity contribution in [1.29, 1.82) is 0 Å². The Balaban J connectivity index is 1.61. The van der Waals surface area contributed by atoms with Gasteiger partial charge in [-0.3, -0.25) is 4.79 Å². The van der Waals surface area contributed by atoms with Gasteiger partial charge in [-0.05, 0) is 43.2 Å². The average Bonchev–Trinajstić information content (AvgIpc) is 2.58. The smallest absolute Gasteiger partial charge is 0.221 e. The molecule has 0 bridgehead atoms. The monoisotopic (exact) mass is 312 g/mol. The van der Waals surface area contributed by atoms with Gasteiger partial charge in [0.15, 0.2) is 0 Å². The lowest BCUT2D eigenvalue weighted by Gasteiger charge is -2.09. The average molecular weight is 312 g/mol. The topological polar surface area (TPSA) is 50.4 Å². The fraction of sp³-hybridized carbons (Fsp3) is 0.316. The molecular weight excluding hydrogens is 288 g/mol. The van der Waals surface area contributed by atoms with Crippen molar-refractivity contribution in [2.24, 2.45) is 0 Å². The van der Waals surface area contributed by atoms with E-state index in [4.69, 9.17) is 4.74 Å². The zero-order chi connectivity index (χ0) is 16.3. The summed E-state index contributed by atoms with van der Waals surface area (Å²) in [6.45, 7) is 3.91. The minimum absolute atomic E-state index is 0.0689. The Morgan fingerprint density at radius 1 is 1.00 bits per heavy atom. The molecule has 0 spiro atoms. The second-order valence-corrected chi connectivity index (χ2v) is 5.22. The molecule has 0 unspecified atom stereocenters. The van der Waals surface area contributed by atoms with Crippen LogP contribution in [0.3, 0.4) is 0 Å². The molecule has 0 aliphatic carbocycles. The molecule has 0 saturated carbocycles. The fourth-order valence-electron chi connectivity index (χ4n) is 2.24. The summed E-state index contributed by atoms with van der Waals surface area (Å²) in [5.41, 5.74) is 2.23. The number of hydrogen-bond acceptors (Lipinski definition) is 3. The van der Waals surface area contributed by atoms with Crippen molar-refractivity contribution in [3.05, 3.63) is 60.2 Å². The van der Waals surface area contributed by atoms with E-state index >= 15 is 0 Å². The second kappa shape index (κ2) is 9.51. The minimum atomic E-state index is 0.0689. The highest BCUT2D eigenvalue weighted by Gasteiger charge is 2.01. The minimum Gasteiger partial charge on any atom is -0.494 e. The van der Waals surface area contributed by atoms with Crippen molar-refractivity contribution < 1.29 is 9.53 Å². The van der Waals surface area contributed by atoms with Crippen molar-refractivity contribution in [3.63, 3.8) is 0 Å². The number of nitrogens with one attached hydrogen (secondary N) is 2. The van der Waals surface area contributed by atoms with E-state index in [1.807, 2.05) is 49.4 Å². The molecule has 0 atom stereocenters. The molecule has 0 aliphatic heterocycles. The molecule has 23 heavy (non-hydrogen) atoms. The van der Waals surface area contributed by atoms with Gasteiger partial charge in [-0.2, -0.15) is 0 Å². The normalized spacial score (nSPS) is 10.1. The van der Waals surface area contributed by atoms with Crippen molar-refractivity contribution in [1.82, 2.24) is 5.32 Å². The lowest BCUT2D eigenvalue weighted by Crippen LogP contribution is -2.27. The number of carbonyl (C=O) groups is 1. The first kappa shape index (κ1) is 16.9. The van der Waals surface area contributed by atoms with Gasteiger partial charge in [-0.1, -0.05) is 30.3 Å². The molecule has 2 rings (SSSR count). The zero-order valence-corrected chi connectivity index (χ0v) is 13.5. The molecule has 0 aliphatic rings. The van der Waals surface area contributed by atoms with E-state index < -0.39 is 0 Å². The van der Waals surface area contributed by atoms with Gasteiger partial charge in [0, 0.05) is 25.2 Å². The first-order valence-corrected chi connectivity index (χ1v) is 8.05. The van der Waals surface area contributed by atoms with Crippen molar-refractivity contribution in [2.45, 2.75) is 19.8 Å². The predicted octanol–water partition coefficient (Wildman–Crippen LogP) is 3.25. The molecule has 4 heteroatoms. The van der Waals surface area contributed by atoms with E-state index in [1.165, 1.54) is 5.56 Å². The Morgan fingerprint density at radius 3 is 2.43 bits per heavy atom. The molecule has 2 N–H and O–H groups in total. The van der Waals surface area contributed by atoms with E-state index in [2.05, 4.69) is 22.8 Å². The lowest BCUT2D eigenvalue weighted by molar-refractivity contribution is -0.120. The number of hydrogen-bond donors (Lipinski definition) is 2. The number of rotatable bonds is 9. The van der Waals surface area contributed by atoms with E-state index in [1.54, 1.807) is 0 Å². The molecule has 0 heterocycles. The van der Waals surface area contributed by atoms with E-state index in [9.17, 15) is 4.79 Å². The molecule has 122 valence electrons. The van der Waals surface area contributed by atoms with Crippen molar-refractivity contribution >= 4 is 11.6 Å². The summed E-state index contributed by atoms with van der Waals surface area (Å²) in [6.07, 6.45) is 1.32. The first-order valence-electron chi connectivity index (χ1n) is 8.05. The van der Waals surface area contributed by atoms with Crippen LogP contribution in [0.5, 0.6) is 5.75 Å². The van der Waals surface area contributed by atoms with Crippen molar-refractivity contribution in [3.8, 4) is 5.75 Å². The zero-order valence-electron chi connectivity index (χ0n) is 13.5. The van der Waals surface area contributed by atoms with Crippen LogP contribution in [0, 0.1) is 0 Å². The highest BCUT2D eigenvalue weighted by molar-refractivity contribution is 5.76. The summed E-state index contributed by atoms with van der Waals surface area (Å²) in [4.78, 5) is 11.8. The highest BCUT2D eigenvalue weighted by atomic mass is 16.5. The van der Waals surface area contributed by atoms with Gasteiger partial charge in [0.05, 0.1) is 6.61 Å². The maximum absolute atomic E-state index is 11.8. The molecule has 0 radical (unpaired) electrons. The first-order chi connectivity index (χ1) is 11.3. The van der Waals surface area contributed by atoms with Crippen LogP contribution in [-0.4, -0.2) is 25.6 Å². The lowest BCUT2D eigenvalue weighted by atomic mass is 10.1. The molecule has 4 nitrogen and oxygen atoms in total. The quantitative estimate of drug-likeness (QED) is 0.747. The van der Waals surface area contributed by atoms with Gasteiger partial charge in [0.25, 0.3) is 0 Å². The fourth-order valence-corrected chi connectivity index (χ4v) is 2.24. The third-order valence-corrected chi connectivity index (χ3v) is 3.43. The van der Waals surface area contributed by atoms with E-state index in [-0.39, 0.29) is 5.91 Å². The summed E-state index contributed by atoms with van der Waals surface area (Å²) in [5, 5.41) is 6.18. The number of benzene rings is 2. The van der Waals surface area contributed by atoms with Crippen LogP contribution < -0.4 is 15.4 Å². The third kappa shape index (κ3) is 6.43. The molecule has 0 aromatic heterocycles. The Hall–Kier alpha value is -2.49. The summed E-state index contributed by atoms with van der Waals surface area (Å²) in [7, 11) is 0. The maximum Gasteiger partial charge on any atom is 0.221 e. The molecular formula is C19H24N2O2. The number of amides is 1. The SMILES string of the molecule is CCOc1ccc(NCCC(=O)NCCc2ccccc2)cc1. The third-order valence-electron chi connectivity index (χ3n) is 3.43. The number of anilines is 1. The Kier molecular flexibility index (Phi) is 6.98. The van der Waals surface area contributed by atoms with Gasteiger partial charge in [-0.25, -0.2) is 0 Å². The Morgan fingerprint density at radius 2 is 1.74 bits per heavy atom. The number of ether oxygens (including phenoxy) is 1. The summed E-state index contributed by atoms with van der Waals surface area (Å²) in [6, 6.07) is 17.9. The van der Waals surface area contributed by atoms with Gasteiger partial charge in [-0.15, -0.1) is 0 Å². The Labute approximate surface area is 137 Å². The van der Waals surface area contributed by atoms with Gasteiger partial charge in [0.2, 0.25) is 5.91 Å². The summed E-state index contributed by atoms with van der Waals surface area (Å²) < 4.78 is 5.39. The van der Waals surface area contributed by atoms with Crippen LogP contribution >= 0.6 is 0 Å². The second-order valence-electron chi connectivity index (χ2n) is 5.22. The van der Waals surface area contributed by atoms with Gasteiger partial charge < -0.3 is 15.4 Å². The highest BCUT2D eigenvalue weighted by Crippen LogP contribution is 2.15. The summed E-state index contributed by atoms with van der Waals surface area (Å²) >= 11 is 0. The van der Waals surface area contributed by atoms with Crippen LogP contribution in [0.15, 0.2) is 54.6 Å². The van der Waals surface area contributed by atoms with Crippen LogP contribution in [-0.2, 0) is 11.2 Å². The molecule has 0 fully saturated rings. The van der Waals surface area contributed by atoms with E-state index in [0.717, 1.165) is 17.9 Å².